The summed E-state index contributed by atoms with van der Waals surface area (Å²) in [5.74, 6) is -0.669. The number of nitriles is 1. The summed E-state index contributed by atoms with van der Waals surface area (Å²) in [6.07, 6.45) is 5.16. The van der Waals surface area contributed by atoms with E-state index in [1.54, 1.807) is 47.8 Å². The van der Waals surface area contributed by atoms with Crippen LogP contribution in [0.25, 0.3) is 5.69 Å². The Morgan fingerprint density at radius 1 is 1.27 bits per heavy atom. The Balaban J connectivity index is 1.81. The van der Waals surface area contributed by atoms with Crippen molar-refractivity contribution in [1.29, 1.82) is 5.26 Å². The van der Waals surface area contributed by atoms with Gasteiger partial charge in [-0.15, -0.1) is 0 Å². The van der Waals surface area contributed by atoms with Gasteiger partial charge in [0.05, 0.1) is 18.2 Å². The van der Waals surface area contributed by atoms with Crippen molar-refractivity contribution in [3.63, 3.8) is 0 Å². The van der Waals surface area contributed by atoms with E-state index in [-0.39, 0.29) is 30.4 Å². The number of hydrogen-bond donors (Lipinski definition) is 0. The van der Waals surface area contributed by atoms with Gasteiger partial charge >= 0.3 is 0 Å². The largest absolute Gasteiger partial charge is 0.332 e. The number of carbonyl (C=O) groups excluding carboxylic acids is 1. The van der Waals surface area contributed by atoms with E-state index in [1.807, 2.05) is 6.07 Å². The van der Waals surface area contributed by atoms with Crippen LogP contribution in [0.4, 0.5) is 4.39 Å². The molecule has 3 aromatic rings. The molecule has 2 aromatic heterocycles. The number of rotatable bonds is 6. The Kier molecular flexibility index (Phi) is 5.34. The predicted octanol–water partition coefficient (Wildman–Crippen LogP) is 2.96. The fourth-order valence-corrected chi connectivity index (χ4v) is 2.51. The Morgan fingerprint density at radius 2 is 2.15 bits per heavy atom. The average molecular weight is 349 g/mol. The summed E-state index contributed by atoms with van der Waals surface area (Å²) in [5.41, 5.74) is 1.62. The van der Waals surface area contributed by atoms with Gasteiger partial charge in [-0.2, -0.15) is 10.4 Å². The molecular weight excluding hydrogens is 333 g/mol. The molecule has 0 saturated heterocycles. The first-order chi connectivity index (χ1) is 12.7. The van der Waals surface area contributed by atoms with Crippen molar-refractivity contribution < 1.29 is 9.18 Å². The molecule has 0 aliphatic carbocycles. The summed E-state index contributed by atoms with van der Waals surface area (Å²) in [6, 6.07) is 13.3. The van der Waals surface area contributed by atoms with Gasteiger partial charge in [-0.05, 0) is 35.9 Å². The van der Waals surface area contributed by atoms with Crippen LogP contribution < -0.4 is 0 Å². The van der Waals surface area contributed by atoms with Crippen LogP contribution in [0.2, 0.25) is 0 Å². The molecule has 2 heterocycles. The van der Waals surface area contributed by atoms with Crippen molar-refractivity contribution in [2.24, 2.45) is 0 Å². The van der Waals surface area contributed by atoms with Gasteiger partial charge in [-0.1, -0.05) is 12.1 Å². The minimum atomic E-state index is -0.377. The molecule has 0 saturated carbocycles. The van der Waals surface area contributed by atoms with Crippen molar-refractivity contribution >= 4 is 5.91 Å². The van der Waals surface area contributed by atoms with E-state index in [4.69, 9.17) is 5.26 Å². The lowest BCUT2D eigenvalue weighted by molar-refractivity contribution is 0.0740. The van der Waals surface area contributed by atoms with Crippen LogP contribution in [0.5, 0.6) is 0 Å². The standard InChI is InChI=1S/C19H16FN5O/c20-16-5-1-6-17(12-16)25-11-7-18(23-25)19(26)24(10-3-8-21)14-15-4-2-9-22-13-15/h1-2,4-7,9,11-13H,3,10,14H2. The van der Waals surface area contributed by atoms with E-state index >= 15 is 0 Å². The van der Waals surface area contributed by atoms with Gasteiger partial charge in [-0.3, -0.25) is 9.78 Å². The summed E-state index contributed by atoms with van der Waals surface area (Å²) in [5, 5.41) is 13.1. The van der Waals surface area contributed by atoms with Crippen molar-refractivity contribution in [3.8, 4) is 11.8 Å². The highest BCUT2D eigenvalue weighted by Gasteiger charge is 2.19. The van der Waals surface area contributed by atoms with Gasteiger partial charge in [0.15, 0.2) is 5.69 Å². The number of pyridine rings is 1. The third kappa shape index (κ3) is 4.11. The minimum absolute atomic E-state index is 0.219. The number of benzene rings is 1. The summed E-state index contributed by atoms with van der Waals surface area (Å²) in [6.45, 7) is 0.623. The monoisotopic (exact) mass is 349 g/mol. The Labute approximate surface area is 150 Å². The molecule has 130 valence electrons. The zero-order valence-electron chi connectivity index (χ0n) is 13.9. The summed E-state index contributed by atoms with van der Waals surface area (Å²) in [4.78, 5) is 18.4. The van der Waals surface area contributed by atoms with Gasteiger partial charge in [0, 0.05) is 31.7 Å². The second-order valence-corrected chi connectivity index (χ2v) is 5.62. The number of amides is 1. The molecule has 0 radical (unpaired) electrons. The molecule has 1 aromatic carbocycles. The van der Waals surface area contributed by atoms with Crippen molar-refractivity contribution in [1.82, 2.24) is 19.7 Å². The highest BCUT2D eigenvalue weighted by Crippen LogP contribution is 2.13. The van der Waals surface area contributed by atoms with E-state index < -0.39 is 0 Å². The maximum atomic E-state index is 13.4. The Bertz CT molecular complexity index is 932. The van der Waals surface area contributed by atoms with Gasteiger partial charge in [-0.25, -0.2) is 9.07 Å². The Morgan fingerprint density at radius 3 is 2.88 bits per heavy atom. The molecule has 0 spiro atoms. The van der Waals surface area contributed by atoms with E-state index in [2.05, 4.69) is 16.2 Å². The van der Waals surface area contributed by atoms with Gasteiger partial charge in [0.1, 0.15) is 5.82 Å². The maximum Gasteiger partial charge on any atom is 0.274 e. The van der Waals surface area contributed by atoms with Gasteiger partial charge < -0.3 is 4.90 Å². The fourth-order valence-electron chi connectivity index (χ4n) is 2.51. The predicted molar refractivity (Wildman–Crippen MR) is 92.7 cm³/mol. The molecule has 6 nitrogen and oxygen atoms in total. The molecule has 0 aliphatic rings. The van der Waals surface area contributed by atoms with Crippen LogP contribution >= 0.6 is 0 Å². The zero-order chi connectivity index (χ0) is 18.4. The smallest absolute Gasteiger partial charge is 0.274 e. The van der Waals surface area contributed by atoms with E-state index in [0.29, 0.717) is 12.2 Å². The lowest BCUT2D eigenvalue weighted by Crippen LogP contribution is -2.31. The molecule has 0 unspecified atom stereocenters. The molecule has 0 fully saturated rings. The number of carbonyl (C=O) groups is 1. The third-order valence-electron chi connectivity index (χ3n) is 3.76. The lowest BCUT2D eigenvalue weighted by Gasteiger charge is -2.20. The zero-order valence-corrected chi connectivity index (χ0v) is 13.9. The third-order valence-corrected chi connectivity index (χ3v) is 3.76. The molecule has 0 aliphatic heterocycles. The number of hydrogen-bond acceptors (Lipinski definition) is 4. The molecule has 1 amide bonds. The highest BCUT2D eigenvalue weighted by molar-refractivity contribution is 5.92. The molecule has 7 heteroatoms. The van der Waals surface area contributed by atoms with Crippen LogP contribution in [0.1, 0.15) is 22.5 Å². The number of aromatic nitrogens is 3. The second kappa shape index (κ2) is 8.03. The van der Waals surface area contributed by atoms with Crippen molar-refractivity contribution in [3.05, 3.63) is 78.1 Å². The molecule has 26 heavy (non-hydrogen) atoms. The first-order valence-electron chi connectivity index (χ1n) is 8.04. The molecule has 0 atom stereocenters. The summed E-state index contributed by atoms with van der Waals surface area (Å²) in [7, 11) is 0. The fraction of sp³-hybridized carbons (Fsp3) is 0.158. The van der Waals surface area contributed by atoms with E-state index in [1.165, 1.54) is 16.8 Å². The minimum Gasteiger partial charge on any atom is -0.332 e. The number of nitrogens with zero attached hydrogens (tertiary/aromatic N) is 5. The second-order valence-electron chi connectivity index (χ2n) is 5.62. The molecule has 0 bridgehead atoms. The first kappa shape index (κ1) is 17.3. The molecule has 3 rings (SSSR count). The number of halogens is 1. The highest BCUT2D eigenvalue weighted by atomic mass is 19.1. The maximum absolute atomic E-state index is 13.4. The quantitative estimate of drug-likeness (QED) is 0.686. The SMILES string of the molecule is N#CCCN(Cc1cccnc1)C(=O)c1ccn(-c2cccc(F)c2)n1. The molecule has 0 N–H and O–H groups in total. The van der Waals surface area contributed by atoms with E-state index in [9.17, 15) is 9.18 Å². The summed E-state index contributed by atoms with van der Waals surface area (Å²) < 4.78 is 14.8. The lowest BCUT2D eigenvalue weighted by atomic mass is 10.2. The Hall–Kier alpha value is -3.53. The van der Waals surface area contributed by atoms with Crippen molar-refractivity contribution in [2.75, 3.05) is 6.54 Å². The first-order valence-corrected chi connectivity index (χ1v) is 8.04. The van der Waals surface area contributed by atoms with Gasteiger partial charge in [0.25, 0.3) is 5.91 Å². The molecular formula is C19H16FN5O. The van der Waals surface area contributed by atoms with Crippen LogP contribution in [-0.2, 0) is 6.54 Å². The summed E-state index contributed by atoms with van der Waals surface area (Å²) >= 11 is 0. The van der Waals surface area contributed by atoms with Crippen LogP contribution in [0.15, 0.2) is 61.1 Å². The average Bonchev–Trinajstić information content (AvgIpc) is 3.15. The topological polar surface area (TPSA) is 74.8 Å². The van der Waals surface area contributed by atoms with Crippen LogP contribution in [-0.4, -0.2) is 32.1 Å². The normalized spacial score (nSPS) is 10.3. The van der Waals surface area contributed by atoms with Crippen molar-refractivity contribution in [2.45, 2.75) is 13.0 Å². The van der Waals surface area contributed by atoms with E-state index in [0.717, 1.165) is 5.56 Å². The van der Waals surface area contributed by atoms with Gasteiger partial charge in [0.2, 0.25) is 0 Å². The van der Waals surface area contributed by atoms with Crippen LogP contribution in [0, 0.1) is 17.1 Å². The van der Waals surface area contributed by atoms with Crippen LogP contribution in [0.3, 0.4) is 0 Å².